The first-order valence-corrected chi connectivity index (χ1v) is 7.50. The van der Waals surface area contributed by atoms with E-state index in [1.54, 1.807) is 0 Å². The van der Waals surface area contributed by atoms with Gasteiger partial charge in [-0.15, -0.1) is 0 Å². The maximum atomic E-state index is 6.04. The largest absolute Gasteiger partial charge is 0.370 e. The number of aromatic nitrogens is 3. The fraction of sp³-hybridized carbons (Fsp3) is 0.600. The van der Waals surface area contributed by atoms with Crippen LogP contribution in [0.3, 0.4) is 0 Å². The predicted molar refractivity (Wildman–Crippen MR) is 78.5 cm³/mol. The Labute approximate surface area is 119 Å². The third-order valence-corrected chi connectivity index (χ3v) is 3.81. The van der Waals surface area contributed by atoms with E-state index in [9.17, 15) is 0 Å². The molecule has 1 aliphatic rings. The van der Waals surface area contributed by atoms with Gasteiger partial charge >= 0.3 is 0 Å². The second-order valence-corrected chi connectivity index (χ2v) is 5.30. The first-order valence-electron chi connectivity index (χ1n) is 7.50. The number of pyridine rings is 1. The van der Waals surface area contributed by atoms with Gasteiger partial charge in [0, 0.05) is 12.7 Å². The molecule has 1 saturated heterocycles. The number of hydrogen-bond donors (Lipinski definition) is 1. The van der Waals surface area contributed by atoms with Crippen molar-refractivity contribution in [2.45, 2.75) is 45.4 Å². The summed E-state index contributed by atoms with van der Waals surface area (Å²) in [5, 5.41) is 3.36. The molecular formula is C15H22N4O. The van der Waals surface area contributed by atoms with Gasteiger partial charge in [0.15, 0.2) is 0 Å². The van der Waals surface area contributed by atoms with Crippen molar-refractivity contribution in [2.24, 2.45) is 0 Å². The Balaban J connectivity index is 1.77. The molecule has 0 spiro atoms. The van der Waals surface area contributed by atoms with E-state index in [1.165, 1.54) is 0 Å². The van der Waals surface area contributed by atoms with Crippen molar-refractivity contribution < 1.29 is 4.74 Å². The van der Waals surface area contributed by atoms with Crippen molar-refractivity contribution in [1.29, 1.82) is 0 Å². The summed E-state index contributed by atoms with van der Waals surface area (Å²) in [4.78, 5) is 8.83. The molecule has 0 unspecified atom stereocenters. The third kappa shape index (κ3) is 2.83. The number of imidazole rings is 1. The van der Waals surface area contributed by atoms with Crippen LogP contribution in [-0.2, 0) is 17.9 Å². The number of hydrogen-bond acceptors (Lipinski definition) is 4. The van der Waals surface area contributed by atoms with Crippen molar-refractivity contribution in [2.75, 3.05) is 13.1 Å². The van der Waals surface area contributed by atoms with Crippen LogP contribution >= 0.6 is 0 Å². The van der Waals surface area contributed by atoms with Gasteiger partial charge in [0.1, 0.15) is 17.9 Å². The molecule has 3 heterocycles. The molecule has 0 amide bonds. The fourth-order valence-corrected chi connectivity index (χ4v) is 2.77. The third-order valence-electron chi connectivity index (χ3n) is 3.81. The highest BCUT2D eigenvalue weighted by Gasteiger charge is 2.16. The quantitative estimate of drug-likeness (QED) is 0.907. The summed E-state index contributed by atoms with van der Waals surface area (Å²) in [7, 11) is 0. The van der Waals surface area contributed by atoms with Gasteiger partial charge in [-0.25, -0.2) is 4.98 Å². The monoisotopic (exact) mass is 274 g/mol. The molecule has 0 radical (unpaired) electrons. The van der Waals surface area contributed by atoms with Gasteiger partial charge in [0.25, 0.3) is 0 Å². The summed E-state index contributed by atoms with van der Waals surface area (Å²) in [6.45, 7) is 5.87. The van der Waals surface area contributed by atoms with Crippen LogP contribution in [0.15, 0.2) is 18.5 Å². The summed E-state index contributed by atoms with van der Waals surface area (Å²) in [6.07, 6.45) is 7.30. The molecular weight excluding hydrogens is 252 g/mol. The lowest BCUT2D eigenvalue weighted by atomic mass is 10.1. The van der Waals surface area contributed by atoms with Gasteiger partial charge in [-0.3, -0.25) is 4.98 Å². The second kappa shape index (κ2) is 6.33. The minimum atomic E-state index is 0.365. The summed E-state index contributed by atoms with van der Waals surface area (Å²) < 4.78 is 8.30. The van der Waals surface area contributed by atoms with Crippen LogP contribution in [0.1, 0.15) is 32.0 Å². The van der Waals surface area contributed by atoms with E-state index in [4.69, 9.17) is 4.74 Å². The zero-order chi connectivity index (χ0) is 13.8. The number of nitrogens with one attached hydrogen (secondary N) is 1. The molecule has 0 aromatic carbocycles. The molecule has 3 rings (SSSR count). The Kier molecular flexibility index (Phi) is 4.28. The lowest BCUT2D eigenvalue weighted by Crippen LogP contribution is -2.32. The van der Waals surface area contributed by atoms with E-state index >= 15 is 0 Å². The summed E-state index contributed by atoms with van der Waals surface area (Å²) in [5.74, 6) is 1.02. The van der Waals surface area contributed by atoms with Crippen LogP contribution in [0.4, 0.5) is 0 Å². The van der Waals surface area contributed by atoms with E-state index < -0.39 is 0 Å². The van der Waals surface area contributed by atoms with Crippen LogP contribution in [0.2, 0.25) is 0 Å². The Morgan fingerprint density at radius 1 is 1.40 bits per heavy atom. The van der Waals surface area contributed by atoms with Crippen LogP contribution in [0.25, 0.3) is 11.0 Å². The highest BCUT2D eigenvalue weighted by atomic mass is 16.5. The zero-order valence-electron chi connectivity index (χ0n) is 12.0. The number of aryl methyl sites for hydroxylation is 1. The van der Waals surface area contributed by atoms with Crippen molar-refractivity contribution in [3.8, 4) is 0 Å². The van der Waals surface area contributed by atoms with Gasteiger partial charge < -0.3 is 14.6 Å². The van der Waals surface area contributed by atoms with E-state index in [0.29, 0.717) is 12.7 Å². The van der Waals surface area contributed by atoms with E-state index in [1.807, 2.05) is 18.5 Å². The minimum absolute atomic E-state index is 0.365. The molecule has 20 heavy (non-hydrogen) atoms. The average Bonchev–Trinajstić information content (AvgIpc) is 2.85. The number of fused-ring (bicyclic) bond motifs is 1. The average molecular weight is 274 g/mol. The zero-order valence-corrected chi connectivity index (χ0v) is 12.0. The minimum Gasteiger partial charge on any atom is -0.370 e. The van der Waals surface area contributed by atoms with Crippen LogP contribution in [0, 0.1) is 0 Å². The molecule has 1 fully saturated rings. The molecule has 1 aliphatic heterocycles. The van der Waals surface area contributed by atoms with E-state index in [0.717, 1.165) is 55.8 Å². The molecule has 2 aromatic heterocycles. The van der Waals surface area contributed by atoms with E-state index in [2.05, 4.69) is 26.8 Å². The molecule has 5 heteroatoms. The van der Waals surface area contributed by atoms with Crippen LogP contribution < -0.4 is 5.32 Å². The Hall–Kier alpha value is -1.46. The molecule has 0 atom stereocenters. The Morgan fingerprint density at radius 3 is 3.05 bits per heavy atom. The van der Waals surface area contributed by atoms with Crippen molar-refractivity contribution >= 4 is 11.0 Å². The number of piperidine rings is 1. The molecule has 0 saturated carbocycles. The molecule has 108 valence electrons. The van der Waals surface area contributed by atoms with Gasteiger partial charge in [0.2, 0.25) is 0 Å². The molecule has 2 aromatic rings. The summed E-state index contributed by atoms with van der Waals surface area (Å²) in [5.41, 5.74) is 2.12. The lowest BCUT2D eigenvalue weighted by molar-refractivity contribution is 0.0166. The maximum Gasteiger partial charge on any atom is 0.136 e. The van der Waals surface area contributed by atoms with Crippen molar-refractivity contribution in [3.63, 3.8) is 0 Å². The summed E-state index contributed by atoms with van der Waals surface area (Å²) >= 11 is 0. The normalized spacial score (nSPS) is 16.9. The molecule has 5 nitrogen and oxygen atoms in total. The number of rotatable bonds is 5. The predicted octanol–water partition coefficient (Wildman–Crippen LogP) is 2.11. The van der Waals surface area contributed by atoms with E-state index in [-0.39, 0.29) is 0 Å². The Bertz CT molecular complexity index is 560. The first-order chi connectivity index (χ1) is 9.88. The SMILES string of the molecule is CCCn1c(COC2CCNCC2)nc2cnccc21. The lowest BCUT2D eigenvalue weighted by Gasteiger charge is -2.22. The molecule has 0 aliphatic carbocycles. The second-order valence-electron chi connectivity index (χ2n) is 5.30. The summed E-state index contributed by atoms with van der Waals surface area (Å²) in [6, 6.07) is 2.03. The standard InChI is InChI=1S/C15H22N4O/c1-2-9-19-14-5-8-17-10-13(14)18-15(19)11-20-12-3-6-16-7-4-12/h5,8,10,12,16H,2-4,6-7,9,11H2,1H3. The van der Waals surface area contributed by atoms with Crippen molar-refractivity contribution in [3.05, 3.63) is 24.3 Å². The maximum absolute atomic E-state index is 6.04. The Morgan fingerprint density at radius 2 is 2.25 bits per heavy atom. The van der Waals surface area contributed by atoms with Gasteiger partial charge in [-0.2, -0.15) is 0 Å². The first kappa shape index (κ1) is 13.5. The smallest absolute Gasteiger partial charge is 0.136 e. The number of ether oxygens (including phenoxy) is 1. The fourth-order valence-electron chi connectivity index (χ4n) is 2.77. The van der Waals surface area contributed by atoms with Crippen LogP contribution in [-0.4, -0.2) is 33.7 Å². The van der Waals surface area contributed by atoms with Crippen molar-refractivity contribution in [1.82, 2.24) is 19.9 Å². The molecule has 1 N–H and O–H groups in total. The highest BCUT2D eigenvalue weighted by molar-refractivity contribution is 5.74. The van der Waals surface area contributed by atoms with Gasteiger partial charge in [-0.1, -0.05) is 6.92 Å². The topological polar surface area (TPSA) is 52.0 Å². The van der Waals surface area contributed by atoms with Crippen LogP contribution in [0.5, 0.6) is 0 Å². The molecule has 0 bridgehead atoms. The highest BCUT2D eigenvalue weighted by Crippen LogP contribution is 2.18. The van der Waals surface area contributed by atoms with Gasteiger partial charge in [-0.05, 0) is 38.4 Å². The van der Waals surface area contributed by atoms with Gasteiger partial charge in [0.05, 0.1) is 17.8 Å². The number of nitrogens with zero attached hydrogens (tertiary/aromatic N) is 3.